The van der Waals surface area contributed by atoms with Gasteiger partial charge >= 0.3 is 0 Å². The van der Waals surface area contributed by atoms with Gasteiger partial charge in [-0.15, -0.1) is 0 Å². The van der Waals surface area contributed by atoms with Crippen LogP contribution in [-0.4, -0.2) is 47.7 Å². The Morgan fingerprint density at radius 2 is 1.95 bits per heavy atom. The van der Waals surface area contributed by atoms with Gasteiger partial charge < -0.3 is 5.32 Å². The van der Waals surface area contributed by atoms with Crippen molar-refractivity contribution in [2.24, 2.45) is 7.05 Å². The molecule has 2 unspecified atom stereocenters. The topological polar surface area (TPSA) is 67.2 Å². The summed E-state index contributed by atoms with van der Waals surface area (Å²) < 4.78 is 29.6. The lowest BCUT2D eigenvalue weighted by atomic mass is 10.1. The summed E-state index contributed by atoms with van der Waals surface area (Å²) in [7, 11) is -1.71. The maximum Gasteiger partial charge on any atom is 0.247 e. The molecule has 0 bridgehead atoms. The molecule has 120 valence electrons. The van der Waals surface area contributed by atoms with Crippen molar-refractivity contribution in [1.82, 2.24) is 19.4 Å². The molecule has 0 radical (unpaired) electrons. The molecule has 0 aliphatic carbocycles. The third-order valence-corrected chi connectivity index (χ3v) is 6.59. The molecule has 1 aromatic heterocycles. The minimum Gasteiger partial charge on any atom is -0.311 e. The Bertz CT molecular complexity index is 609. The highest BCUT2D eigenvalue weighted by Gasteiger charge is 2.38. The zero-order valence-electron chi connectivity index (χ0n) is 13.5. The van der Waals surface area contributed by atoms with E-state index in [9.17, 15) is 8.42 Å². The van der Waals surface area contributed by atoms with Crippen LogP contribution in [0.2, 0.25) is 0 Å². The van der Waals surface area contributed by atoms with Crippen LogP contribution in [0.1, 0.15) is 38.1 Å². The van der Waals surface area contributed by atoms with Crippen LogP contribution < -0.4 is 5.32 Å². The van der Waals surface area contributed by atoms with Crippen molar-refractivity contribution in [2.75, 3.05) is 13.1 Å². The van der Waals surface area contributed by atoms with Crippen molar-refractivity contribution in [3.05, 3.63) is 11.4 Å². The first-order valence-corrected chi connectivity index (χ1v) is 9.02. The Morgan fingerprint density at radius 1 is 1.29 bits per heavy atom. The zero-order valence-corrected chi connectivity index (χ0v) is 14.4. The standard InChI is InChI=1S/C14H26N4O2S/c1-6-12-9-18(13(7-2)8-15-12)21(19,20)14-10(3)16-17(5)11(14)4/h12-13,15H,6-9H2,1-5H3. The fourth-order valence-electron chi connectivity index (χ4n) is 3.00. The van der Waals surface area contributed by atoms with Crippen LogP contribution in [0.4, 0.5) is 0 Å². The van der Waals surface area contributed by atoms with Gasteiger partial charge in [-0.3, -0.25) is 4.68 Å². The molecular weight excluding hydrogens is 288 g/mol. The van der Waals surface area contributed by atoms with Crippen molar-refractivity contribution >= 4 is 10.0 Å². The molecular formula is C14H26N4O2S. The molecule has 1 aromatic rings. The average molecular weight is 314 g/mol. The molecule has 0 saturated carbocycles. The summed E-state index contributed by atoms with van der Waals surface area (Å²) in [6, 6.07) is 0.233. The Morgan fingerprint density at radius 3 is 2.43 bits per heavy atom. The second kappa shape index (κ2) is 6.06. The van der Waals surface area contributed by atoms with Gasteiger partial charge in [-0.25, -0.2) is 8.42 Å². The lowest BCUT2D eigenvalue weighted by Gasteiger charge is -2.38. The van der Waals surface area contributed by atoms with Crippen LogP contribution >= 0.6 is 0 Å². The zero-order chi connectivity index (χ0) is 15.8. The molecule has 0 amide bonds. The maximum absolute atomic E-state index is 13.1. The molecule has 1 N–H and O–H groups in total. The van der Waals surface area contributed by atoms with Crippen molar-refractivity contribution in [2.45, 2.75) is 57.5 Å². The summed E-state index contributed by atoms with van der Waals surface area (Å²) in [5.74, 6) is 0. The second-order valence-electron chi connectivity index (χ2n) is 5.77. The summed E-state index contributed by atoms with van der Waals surface area (Å²) in [5.41, 5.74) is 1.28. The summed E-state index contributed by atoms with van der Waals surface area (Å²) in [6.45, 7) is 8.94. The number of nitrogens with zero attached hydrogens (tertiary/aromatic N) is 3. The van der Waals surface area contributed by atoms with E-state index in [1.54, 1.807) is 23.0 Å². The van der Waals surface area contributed by atoms with Crippen molar-refractivity contribution < 1.29 is 8.42 Å². The summed E-state index contributed by atoms with van der Waals surface area (Å²) in [6.07, 6.45) is 1.73. The van der Waals surface area contributed by atoms with Crippen LogP contribution in [0.3, 0.4) is 0 Å². The van der Waals surface area contributed by atoms with E-state index >= 15 is 0 Å². The molecule has 0 aromatic carbocycles. The minimum atomic E-state index is -3.50. The lowest BCUT2D eigenvalue weighted by molar-refractivity contribution is 0.215. The minimum absolute atomic E-state index is 0.0109. The van der Waals surface area contributed by atoms with Crippen LogP contribution in [0.15, 0.2) is 4.90 Å². The van der Waals surface area contributed by atoms with E-state index in [-0.39, 0.29) is 12.1 Å². The van der Waals surface area contributed by atoms with Gasteiger partial charge in [-0.2, -0.15) is 9.40 Å². The number of hydrogen-bond acceptors (Lipinski definition) is 4. The van der Waals surface area contributed by atoms with Crippen LogP contribution in [0.5, 0.6) is 0 Å². The molecule has 2 heterocycles. The second-order valence-corrected chi connectivity index (χ2v) is 7.60. The lowest BCUT2D eigenvalue weighted by Crippen LogP contribution is -2.57. The Kier molecular flexibility index (Phi) is 4.75. The third kappa shape index (κ3) is 2.86. The van der Waals surface area contributed by atoms with Gasteiger partial charge in [0.15, 0.2) is 0 Å². The van der Waals surface area contributed by atoms with Crippen LogP contribution in [0.25, 0.3) is 0 Å². The van der Waals surface area contributed by atoms with Crippen molar-refractivity contribution in [3.63, 3.8) is 0 Å². The number of aromatic nitrogens is 2. The molecule has 2 rings (SSSR count). The van der Waals surface area contributed by atoms with Crippen LogP contribution in [0, 0.1) is 13.8 Å². The number of piperazine rings is 1. The number of hydrogen-bond donors (Lipinski definition) is 1. The number of aryl methyl sites for hydroxylation is 2. The molecule has 21 heavy (non-hydrogen) atoms. The van der Waals surface area contributed by atoms with Crippen molar-refractivity contribution in [1.29, 1.82) is 0 Å². The quantitative estimate of drug-likeness (QED) is 0.906. The average Bonchev–Trinajstić information content (AvgIpc) is 2.71. The van der Waals surface area contributed by atoms with Crippen LogP contribution in [-0.2, 0) is 17.1 Å². The van der Waals surface area contributed by atoms with Gasteiger partial charge in [0.2, 0.25) is 10.0 Å². The maximum atomic E-state index is 13.1. The van der Waals surface area contributed by atoms with Gasteiger partial charge in [0.25, 0.3) is 0 Å². The highest BCUT2D eigenvalue weighted by atomic mass is 32.2. The molecule has 1 aliphatic heterocycles. The van der Waals surface area contributed by atoms with Gasteiger partial charge in [-0.05, 0) is 26.7 Å². The predicted octanol–water partition coefficient (Wildman–Crippen LogP) is 1.19. The van der Waals surface area contributed by atoms with Gasteiger partial charge in [0, 0.05) is 32.2 Å². The highest BCUT2D eigenvalue weighted by molar-refractivity contribution is 7.89. The summed E-state index contributed by atoms with van der Waals surface area (Å²) in [5, 5.41) is 7.69. The molecule has 0 spiro atoms. The van der Waals surface area contributed by atoms with E-state index in [0.717, 1.165) is 12.8 Å². The third-order valence-electron chi connectivity index (χ3n) is 4.42. The Labute approximate surface area is 127 Å². The van der Waals surface area contributed by atoms with Crippen molar-refractivity contribution in [3.8, 4) is 0 Å². The summed E-state index contributed by atoms with van der Waals surface area (Å²) in [4.78, 5) is 0.375. The first-order valence-electron chi connectivity index (χ1n) is 7.58. The highest BCUT2D eigenvalue weighted by Crippen LogP contribution is 2.27. The molecule has 1 saturated heterocycles. The molecule has 1 aliphatic rings. The van der Waals surface area contributed by atoms with E-state index in [1.165, 1.54) is 0 Å². The van der Waals surface area contributed by atoms with Gasteiger partial charge in [0.1, 0.15) is 4.90 Å². The summed E-state index contributed by atoms with van der Waals surface area (Å²) >= 11 is 0. The first-order chi connectivity index (χ1) is 9.82. The molecule has 1 fully saturated rings. The Hall–Kier alpha value is -0.920. The van der Waals surface area contributed by atoms with E-state index in [2.05, 4.69) is 17.3 Å². The Balaban J connectivity index is 2.45. The molecule has 7 heteroatoms. The molecule has 2 atom stereocenters. The van der Waals surface area contributed by atoms with Gasteiger partial charge in [0.05, 0.1) is 11.4 Å². The fourth-order valence-corrected chi connectivity index (χ4v) is 5.14. The number of sulfonamides is 1. The van der Waals surface area contributed by atoms with Gasteiger partial charge in [-0.1, -0.05) is 13.8 Å². The largest absolute Gasteiger partial charge is 0.311 e. The van der Waals surface area contributed by atoms with E-state index in [4.69, 9.17) is 0 Å². The number of rotatable bonds is 4. The van der Waals surface area contributed by atoms with E-state index in [0.29, 0.717) is 29.4 Å². The van der Waals surface area contributed by atoms with E-state index in [1.807, 2.05) is 13.8 Å². The SMILES string of the molecule is CCC1CN(S(=O)(=O)c2c(C)nn(C)c2C)C(CC)CN1. The monoisotopic (exact) mass is 314 g/mol. The normalized spacial score (nSPS) is 24.4. The number of nitrogens with one attached hydrogen (secondary N) is 1. The predicted molar refractivity (Wildman–Crippen MR) is 82.7 cm³/mol. The first kappa shape index (κ1) is 16.5. The van der Waals surface area contributed by atoms with E-state index < -0.39 is 10.0 Å². The smallest absolute Gasteiger partial charge is 0.247 e. The molecule has 6 nitrogen and oxygen atoms in total. The fraction of sp³-hybridized carbons (Fsp3) is 0.786.